The van der Waals surface area contributed by atoms with Crippen LogP contribution in [-0.4, -0.2) is 46.7 Å². The molecule has 0 saturated carbocycles. The molecule has 0 bridgehead atoms. The fraction of sp³-hybridized carbons (Fsp3) is 0.531. The van der Waals surface area contributed by atoms with Crippen molar-refractivity contribution >= 4 is 22.5 Å². The van der Waals surface area contributed by atoms with Gasteiger partial charge in [0.2, 0.25) is 5.91 Å². The van der Waals surface area contributed by atoms with Gasteiger partial charge in [0, 0.05) is 30.5 Å². The average molecular weight is 518 g/mol. The highest BCUT2D eigenvalue weighted by molar-refractivity contribution is 5.87. The van der Waals surface area contributed by atoms with E-state index in [4.69, 9.17) is 0 Å². The molecule has 2 aromatic carbocycles. The lowest BCUT2D eigenvalue weighted by atomic mass is 9.96. The second-order valence-corrected chi connectivity index (χ2v) is 11.4. The van der Waals surface area contributed by atoms with Crippen LogP contribution in [0, 0.1) is 0 Å². The minimum atomic E-state index is -0.289. The zero-order valence-corrected chi connectivity index (χ0v) is 23.4. The highest BCUT2D eigenvalue weighted by Gasteiger charge is 2.32. The number of ketones is 1. The predicted octanol–water partition coefficient (Wildman–Crippen LogP) is 6.04. The molecule has 1 unspecified atom stereocenters. The van der Waals surface area contributed by atoms with Gasteiger partial charge in [0.25, 0.3) is 5.82 Å². The van der Waals surface area contributed by atoms with Gasteiger partial charge in [-0.1, -0.05) is 56.5 Å². The Hall–Kier alpha value is -2.99. The SMILES string of the molecule is CCC(=O)CCCCCC(C(=O)NCC(C)(C)N1CCCCC1)c1[nH]c(-c2ccc3ccccc3c2)c[nH+]1. The van der Waals surface area contributed by atoms with Gasteiger partial charge in [0.05, 0.1) is 0 Å². The van der Waals surface area contributed by atoms with Gasteiger partial charge in [-0.15, -0.1) is 0 Å². The number of aromatic nitrogens is 2. The molecule has 0 spiro atoms. The second-order valence-electron chi connectivity index (χ2n) is 11.4. The Balaban J connectivity index is 1.46. The first-order valence-electron chi connectivity index (χ1n) is 14.5. The molecular weight excluding hydrogens is 472 g/mol. The van der Waals surface area contributed by atoms with Gasteiger partial charge in [0.15, 0.2) is 5.69 Å². The molecule has 0 aliphatic carbocycles. The molecule has 1 aliphatic rings. The Labute approximate surface area is 227 Å². The maximum Gasteiger partial charge on any atom is 0.265 e. The van der Waals surface area contributed by atoms with E-state index < -0.39 is 0 Å². The fourth-order valence-corrected chi connectivity index (χ4v) is 5.54. The summed E-state index contributed by atoms with van der Waals surface area (Å²) >= 11 is 0. The zero-order valence-electron chi connectivity index (χ0n) is 23.4. The lowest BCUT2D eigenvalue weighted by Gasteiger charge is -2.41. The van der Waals surface area contributed by atoms with Gasteiger partial charge in [-0.05, 0) is 75.5 Å². The van der Waals surface area contributed by atoms with Gasteiger partial charge in [-0.2, -0.15) is 0 Å². The first-order valence-corrected chi connectivity index (χ1v) is 14.5. The van der Waals surface area contributed by atoms with Crippen LogP contribution in [0.1, 0.15) is 90.3 Å². The van der Waals surface area contributed by atoms with E-state index in [1.54, 1.807) is 0 Å². The van der Waals surface area contributed by atoms with Crippen molar-refractivity contribution in [2.75, 3.05) is 19.6 Å². The summed E-state index contributed by atoms with van der Waals surface area (Å²) in [4.78, 5) is 34.7. The average Bonchev–Trinajstić information content (AvgIpc) is 3.43. The van der Waals surface area contributed by atoms with Crippen molar-refractivity contribution in [3.05, 3.63) is 54.5 Å². The number of piperidine rings is 1. The monoisotopic (exact) mass is 517 g/mol. The maximum absolute atomic E-state index is 13.6. The number of nitrogens with one attached hydrogen (secondary N) is 3. The van der Waals surface area contributed by atoms with E-state index >= 15 is 0 Å². The van der Waals surface area contributed by atoms with Crippen LogP contribution in [0.2, 0.25) is 0 Å². The van der Waals surface area contributed by atoms with E-state index in [0.29, 0.717) is 25.2 Å². The molecule has 1 fully saturated rings. The van der Waals surface area contributed by atoms with E-state index in [2.05, 4.69) is 76.5 Å². The number of nitrogens with zero attached hydrogens (tertiary/aromatic N) is 1. The number of likely N-dealkylation sites (tertiary alicyclic amines) is 1. The maximum atomic E-state index is 13.6. The number of Topliss-reactive ketones (excluding diaryl/α,β-unsaturated/α-hetero) is 1. The molecular formula is C32H45N4O2+. The molecule has 6 heteroatoms. The number of unbranched alkanes of at least 4 members (excludes halogenated alkanes) is 2. The summed E-state index contributed by atoms with van der Waals surface area (Å²) in [6, 6.07) is 14.8. The van der Waals surface area contributed by atoms with Crippen molar-refractivity contribution in [2.45, 2.75) is 90.0 Å². The number of H-pyrrole nitrogens is 2. The van der Waals surface area contributed by atoms with Gasteiger partial charge < -0.3 is 5.32 Å². The summed E-state index contributed by atoms with van der Waals surface area (Å²) in [7, 11) is 0. The van der Waals surface area contributed by atoms with E-state index in [1.807, 2.05) is 13.1 Å². The first kappa shape index (κ1) is 28.0. The van der Waals surface area contributed by atoms with Crippen LogP contribution in [0.15, 0.2) is 48.7 Å². The third-order valence-corrected chi connectivity index (χ3v) is 8.12. The van der Waals surface area contributed by atoms with Crippen LogP contribution >= 0.6 is 0 Å². The quantitative estimate of drug-likeness (QED) is 0.271. The van der Waals surface area contributed by atoms with E-state index in [-0.39, 0.29) is 17.4 Å². The van der Waals surface area contributed by atoms with Crippen molar-refractivity contribution in [1.82, 2.24) is 15.2 Å². The molecule has 1 aliphatic heterocycles. The smallest absolute Gasteiger partial charge is 0.265 e. The summed E-state index contributed by atoms with van der Waals surface area (Å²) < 4.78 is 0. The molecule has 3 aromatic rings. The van der Waals surface area contributed by atoms with Crippen LogP contribution < -0.4 is 10.3 Å². The Morgan fingerprint density at radius 2 is 1.79 bits per heavy atom. The predicted molar refractivity (Wildman–Crippen MR) is 154 cm³/mol. The van der Waals surface area contributed by atoms with E-state index in [9.17, 15) is 9.59 Å². The molecule has 6 nitrogen and oxygen atoms in total. The van der Waals surface area contributed by atoms with E-state index in [1.165, 1.54) is 30.0 Å². The molecule has 1 aromatic heterocycles. The molecule has 204 valence electrons. The number of carbonyl (C=O) groups excluding carboxylic acids is 2. The highest BCUT2D eigenvalue weighted by Crippen LogP contribution is 2.26. The summed E-state index contributed by atoms with van der Waals surface area (Å²) in [5, 5.41) is 5.69. The molecule has 3 N–H and O–H groups in total. The first-order chi connectivity index (χ1) is 18.4. The Kier molecular flexibility index (Phi) is 9.73. The van der Waals surface area contributed by atoms with Crippen LogP contribution in [-0.2, 0) is 9.59 Å². The summed E-state index contributed by atoms with van der Waals surface area (Å²) in [5.74, 6) is 0.925. The lowest BCUT2D eigenvalue weighted by Crippen LogP contribution is -2.54. The fourth-order valence-electron chi connectivity index (χ4n) is 5.54. The molecule has 1 saturated heterocycles. The number of hydrogen-bond acceptors (Lipinski definition) is 3. The van der Waals surface area contributed by atoms with Crippen molar-refractivity contribution in [3.8, 4) is 11.3 Å². The number of rotatable bonds is 13. The van der Waals surface area contributed by atoms with Crippen LogP contribution in [0.5, 0.6) is 0 Å². The molecule has 1 amide bonds. The molecule has 2 heterocycles. The molecule has 38 heavy (non-hydrogen) atoms. The zero-order chi connectivity index (χ0) is 27.0. The van der Waals surface area contributed by atoms with Crippen LogP contribution in [0.4, 0.5) is 0 Å². The van der Waals surface area contributed by atoms with Gasteiger partial charge in [-0.3, -0.25) is 14.5 Å². The van der Waals surface area contributed by atoms with E-state index in [0.717, 1.165) is 55.9 Å². The third kappa shape index (κ3) is 7.31. The summed E-state index contributed by atoms with van der Waals surface area (Å²) in [6.07, 6.45) is 10.5. The number of amides is 1. The van der Waals surface area contributed by atoms with Crippen molar-refractivity contribution in [1.29, 1.82) is 0 Å². The number of carbonyl (C=O) groups is 2. The number of aromatic amines is 2. The normalized spacial score (nSPS) is 15.4. The Bertz CT molecular complexity index is 1210. The summed E-state index contributed by atoms with van der Waals surface area (Å²) in [6.45, 7) is 9.21. The second kappa shape index (κ2) is 13.2. The lowest BCUT2D eigenvalue weighted by molar-refractivity contribution is -0.389. The highest BCUT2D eigenvalue weighted by atomic mass is 16.2. The largest absolute Gasteiger partial charge is 0.353 e. The number of imidazole rings is 1. The topological polar surface area (TPSA) is 79.3 Å². The number of benzene rings is 2. The Morgan fingerprint density at radius 3 is 2.55 bits per heavy atom. The molecule has 4 rings (SSSR count). The van der Waals surface area contributed by atoms with Gasteiger partial charge in [0.1, 0.15) is 17.9 Å². The van der Waals surface area contributed by atoms with Crippen molar-refractivity contribution in [2.24, 2.45) is 0 Å². The number of fused-ring (bicyclic) bond motifs is 1. The number of hydrogen-bond donors (Lipinski definition) is 2. The summed E-state index contributed by atoms with van der Waals surface area (Å²) in [5.41, 5.74) is 2.00. The van der Waals surface area contributed by atoms with Gasteiger partial charge >= 0.3 is 0 Å². The van der Waals surface area contributed by atoms with Crippen molar-refractivity contribution in [3.63, 3.8) is 0 Å². The minimum absolute atomic E-state index is 0.0582. The Morgan fingerprint density at radius 1 is 1.03 bits per heavy atom. The molecule has 0 radical (unpaired) electrons. The molecule has 1 atom stereocenters. The van der Waals surface area contributed by atoms with Gasteiger partial charge in [-0.25, -0.2) is 9.97 Å². The van der Waals surface area contributed by atoms with Crippen LogP contribution in [0.3, 0.4) is 0 Å². The minimum Gasteiger partial charge on any atom is -0.353 e. The van der Waals surface area contributed by atoms with Crippen LogP contribution in [0.25, 0.3) is 22.0 Å². The third-order valence-electron chi connectivity index (χ3n) is 8.12. The van der Waals surface area contributed by atoms with Crippen molar-refractivity contribution < 1.29 is 14.6 Å². The standard InChI is InChI=1S/C32H44N4O2/c1-4-27(37)15-7-5-8-16-28(31(38)34-23-32(2,3)36-19-11-6-12-20-36)30-33-22-29(35-30)26-18-17-24-13-9-10-14-25(24)21-26/h9-10,13-14,17-18,21-22,28H,4-8,11-12,15-16,19-20,23H2,1-3H3,(H,33,35)(H,34,38)/p+1.